The van der Waals surface area contributed by atoms with E-state index in [9.17, 15) is 4.79 Å². The molecule has 0 saturated carbocycles. The summed E-state index contributed by atoms with van der Waals surface area (Å²) in [7, 11) is 0. The largest absolute Gasteiger partial charge is 0.481 e. The third kappa shape index (κ3) is 9.64. The number of carboxylic acid groups (broad SMARTS) is 1. The van der Waals surface area contributed by atoms with Crippen molar-refractivity contribution in [2.24, 2.45) is 11.7 Å². The molecule has 0 aromatic rings. The Labute approximate surface area is 86.1 Å². The van der Waals surface area contributed by atoms with E-state index in [2.05, 4.69) is 6.92 Å². The summed E-state index contributed by atoms with van der Waals surface area (Å²) < 4.78 is 0. The van der Waals surface area contributed by atoms with Crippen molar-refractivity contribution in [1.82, 2.24) is 0 Å². The first-order valence-corrected chi connectivity index (χ1v) is 4.62. The fourth-order valence-corrected chi connectivity index (χ4v) is 1.40. The van der Waals surface area contributed by atoms with E-state index in [1.54, 1.807) is 0 Å². The van der Waals surface area contributed by atoms with Crippen LogP contribution < -0.4 is 5.73 Å². The van der Waals surface area contributed by atoms with Crippen LogP contribution in [0.25, 0.3) is 0 Å². The summed E-state index contributed by atoms with van der Waals surface area (Å²) in [6.45, 7) is 2.79. The van der Waals surface area contributed by atoms with Crippen molar-refractivity contribution in [2.75, 3.05) is 6.54 Å². The number of rotatable bonds is 7. The van der Waals surface area contributed by atoms with E-state index in [-0.39, 0.29) is 18.8 Å². The summed E-state index contributed by atoms with van der Waals surface area (Å²) in [4.78, 5) is 10.3. The lowest BCUT2D eigenvalue weighted by atomic mass is 9.95. The molecule has 80 valence electrons. The van der Waals surface area contributed by atoms with E-state index < -0.39 is 5.97 Å². The van der Waals surface area contributed by atoms with Gasteiger partial charge in [-0.3, -0.25) is 4.79 Å². The minimum Gasteiger partial charge on any atom is -0.481 e. The molecule has 0 aliphatic rings. The van der Waals surface area contributed by atoms with Crippen LogP contribution >= 0.6 is 12.4 Å². The van der Waals surface area contributed by atoms with Crippen LogP contribution in [0.1, 0.15) is 39.0 Å². The van der Waals surface area contributed by atoms with Gasteiger partial charge in [0, 0.05) is 6.42 Å². The number of hydrogen-bond acceptors (Lipinski definition) is 2. The number of aliphatic carboxylic acids is 1. The zero-order valence-electron chi connectivity index (χ0n) is 8.16. The van der Waals surface area contributed by atoms with Crippen LogP contribution in [0.2, 0.25) is 0 Å². The van der Waals surface area contributed by atoms with Crippen LogP contribution in [0.15, 0.2) is 0 Å². The molecule has 0 radical (unpaired) electrons. The van der Waals surface area contributed by atoms with Crippen molar-refractivity contribution in [2.45, 2.75) is 39.0 Å². The Morgan fingerprint density at radius 2 is 2.00 bits per heavy atom. The minimum atomic E-state index is -0.701. The molecule has 0 aromatic heterocycles. The zero-order valence-corrected chi connectivity index (χ0v) is 8.98. The highest BCUT2D eigenvalue weighted by Crippen LogP contribution is 2.16. The van der Waals surface area contributed by atoms with Crippen LogP contribution in [0.3, 0.4) is 0 Å². The van der Waals surface area contributed by atoms with Crippen molar-refractivity contribution < 1.29 is 9.90 Å². The number of halogens is 1. The second-order valence-corrected chi connectivity index (χ2v) is 3.16. The van der Waals surface area contributed by atoms with Crippen LogP contribution in [-0.2, 0) is 4.79 Å². The standard InChI is InChI=1S/C9H19NO2.ClH/c1-2-3-8(6-7-10)4-5-9(11)12;/h8H,2-7,10H2,1H3,(H,11,12);1H. The smallest absolute Gasteiger partial charge is 0.303 e. The number of carboxylic acids is 1. The molecule has 0 heterocycles. The Morgan fingerprint density at radius 3 is 2.38 bits per heavy atom. The molecule has 0 aliphatic carbocycles. The molecular formula is C9H20ClNO2. The Kier molecular flexibility index (Phi) is 11.5. The van der Waals surface area contributed by atoms with E-state index in [4.69, 9.17) is 10.8 Å². The summed E-state index contributed by atoms with van der Waals surface area (Å²) in [5.74, 6) is -0.191. The van der Waals surface area contributed by atoms with Crippen molar-refractivity contribution in [3.63, 3.8) is 0 Å². The lowest BCUT2D eigenvalue weighted by Gasteiger charge is -2.12. The van der Waals surface area contributed by atoms with Crippen LogP contribution in [-0.4, -0.2) is 17.6 Å². The van der Waals surface area contributed by atoms with Crippen molar-refractivity contribution in [3.8, 4) is 0 Å². The van der Waals surface area contributed by atoms with Gasteiger partial charge in [-0.05, 0) is 25.3 Å². The SMILES string of the molecule is CCCC(CCN)CCC(=O)O.Cl. The Bertz CT molecular complexity index is 125. The van der Waals surface area contributed by atoms with E-state index >= 15 is 0 Å². The summed E-state index contributed by atoms with van der Waals surface area (Å²) in [6, 6.07) is 0. The van der Waals surface area contributed by atoms with Gasteiger partial charge in [-0.2, -0.15) is 0 Å². The molecule has 0 amide bonds. The Hall–Kier alpha value is -0.280. The fourth-order valence-electron chi connectivity index (χ4n) is 1.40. The first kappa shape index (κ1) is 15.2. The molecule has 0 saturated heterocycles. The molecule has 3 N–H and O–H groups in total. The monoisotopic (exact) mass is 209 g/mol. The molecule has 13 heavy (non-hydrogen) atoms. The molecule has 1 atom stereocenters. The van der Waals surface area contributed by atoms with Gasteiger partial charge in [0.1, 0.15) is 0 Å². The zero-order chi connectivity index (χ0) is 9.40. The second-order valence-electron chi connectivity index (χ2n) is 3.16. The molecule has 0 bridgehead atoms. The van der Waals surface area contributed by atoms with Gasteiger partial charge >= 0.3 is 5.97 Å². The van der Waals surface area contributed by atoms with Gasteiger partial charge < -0.3 is 10.8 Å². The average Bonchev–Trinajstić information content (AvgIpc) is 2.01. The van der Waals surface area contributed by atoms with E-state index in [0.717, 1.165) is 25.7 Å². The highest BCUT2D eigenvalue weighted by molar-refractivity contribution is 5.85. The number of nitrogens with two attached hydrogens (primary N) is 1. The molecule has 1 unspecified atom stereocenters. The van der Waals surface area contributed by atoms with Gasteiger partial charge in [0.2, 0.25) is 0 Å². The molecule has 0 rings (SSSR count). The maximum absolute atomic E-state index is 10.3. The highest BCUT2D eigenvalue weighted by atomic mass is 35.5. The molecular weight excluding hydrogens is 190 g/mol. The summed E-state index contributed by atoms with van der Waals surface area (Å²) in [5.41, 5.74) is 5.42. The lowest BCUT2D eigenvalue weighted by Crippen LogP contribution is -2.10. The number of hydrogen-bond donors (Lipinski definition) is 2. The van der Waals surface area contributed by atoms with Gasteiger partial charge in [0.05, 0.1) is 0 Å². The topological polar surface area (TPSA) is 63.3 Å². The van der Waals surface area contributed by atoms with Gasteiger partial charge in [-0.1, -0.05) is 19.8 Å². The molecule has 0 aliphatic heterocycles. The van der Waals surface area contributed by atoms with E-state index in [1.807, 2.05) is 0 Å². The lowest BCUT2D eigenvalue weighted by molar-refractivity contribution is -0.137. The molecule has 3 nitrogen and oxygen atoms in total. The van der Waals surface area contributed by atoms with Gasteiger partial charge in [-0.25, -0.2) is 0 Å². The van der Waals surface area contributed by atoms with Crippen molar-refractivity contribution in [3.05, 3.63) is 0 Å². The van der Waals surface area contributed by atoms with E-state index in [0.29, 0.717) is 12.5 Å². The van der Waals surface area contributed by atoms with Crippen LogP contribution in [0.5, 0.6) is 0 Å². The summed E-state index contributed by atoms with van der Waals surface area (Å²) in [5, 5.41) is 8.47. The molecule has 0 spiro atoms. The predicted molar refractivity (Wildman–Crippen MR) is 56.2 cm³/mol. The van der Waals surface area contributed by atoms with Crippen LogP contribution in [0.4, 0.5) is 0 Å². The Balaban J connectivity index is 0. The highest BCUT2D eigenvalue weighted by Gasteiger charge is 2.08. The van der Waals surface area contributed by atoms with Crippen molar-refractivity contribution in [1.29, 1.82) is 0 Å². The Morgan fingerprint density at radius 1 is 1.38 bits per heavy atom. The minimum absolute atomic E-state index is 0. The molecule has 0 fully saturated rings. The van der Waals surface area contributed by atoms with E-state index in [1.165, 1.54) is 0 Å². The van der Waals surface area contributed by atoms with Gasteiger partial charge in [0.15, 0.2) is 0 Å². The third-order valence-corrected chi connectivity index (χ3v) is 2.04. The number of carbonyl (C=O) groups is 1. The average molecular weight is 210 g/mol. The quantitative estimate of drug-likeness (QED) is 0.675. The maximum Gasteiger partial charge on any atom is 0.303 e. The van der Waals surface area contributed by atoms with Crippen LogP contribution in [0, 0.1) is 5.92 Å². The first-order valence-electron chi connectivity index (χ1n) is 4.62. The second kappa shape index (κ2) is 9.81. The fraction of sp³-hybridized carbons (Fsp3) is 0.889. The van der Waals surface area contributed by atoms with Gasteiger partial charge in [-0.15, -0.1) is 12.4 Å². The van der Waals surface area contributed by atoms with Crippen molar-refractivity contribution >= 4 is 18.4 Å². The van der Waals surface area contributed by atoms with Gasteiger partial charge in [0.25, 0.3) is 0 Å². The maximum atomic E-state index is 10.3. The summed E-state index contributed by atoms with van der Waals surface area (Å²) >= 11 is 0. The normalized spacial score (nSPS) is 11.8. The first-order chi connectivity index (χ1) is 5.70. The third-order valence-electron chi connectivity index (χ3n) is 2.04. The molecule has 4 heteroatoms. The molecule has 0 aromatic carbocycles. The predicted octanol–water partition coefficient (Wildman–Crippen LogP) is 2.04. The summed E-state index contributed by atoms with van der Waals surface area (Å²) in [6.07, 6.45) is 4.24.